The highest BCUT2D eigenvalue weighted by molar-refractivity contribution is 5.86. The maximum absolute atomic E-state index is 12.3. The van der Waals surface area contributed by atoms with Crippen LogP contribution in [0, 0.1) is 0 Å². The minimum Gasteiger partial charge on any atom is -0.454 e. The number of fused-ring (bicyclic) bond motifs is 2. The average molecular weight is 324 g/mol. The second-order valence-corrected chi connectivity index (χ2v) is 5.70. The van der Waals surface area contributed by atoms with Gasteiger partial charge in [0.15, 0.2) is 17.1 Å². The normalized spacial score (nSPS) is 13.9. The minimum atomic E-state index is -0.148. The van der Waals surface area contributed by atoms with Crippen LogP contribution in [0.2, 0.25) is 0 Å². The van der Waals surface area contributed by atoms with Gasteiger partial charge in [0.2, 0.25) is 12.7 Å². The van der Waals surface area contributed by atoms with Crippen molar-refractivity contribution in [3.63, 3.8) is 0 Å². The molecule has 0 aliphatic carbocycles. The zero-order valence-electron chi connectivity index (χ0n) is 13.1. The van der Waals surface area contributed by atoms with Crippen LogP contribution in [0.5, 0.6) is 11.5 Å². The van der Waals surface area contributed by atoms with Gasteiger partial charge >= 0.3 is 0 Å². The summed E-state index contributed by atoms with van der Waals surface area (Å²) in [6, 6.07) is 13.0. The number of hydrogen-bond acceptors (Lipinski definition) is 5. The summed E-state index contributed by atoms with van der Waals surface area (Å²) >= 11 is 0. The molecule has 24 heavy (non-hydrogen) atoms. The molecule has 2 heterocycles. The number of ether oxygens (including phenoxy) is 2. The number of carbonyl (C=O) groups excluding carboxylic acids is 1. The molecule has 1 atom stereocenters. The SMILES string of the molecule is CC(NC(=O)Cc1noc2ccccc12)c1ccc2c(c1)OCO2. The summed E-state index contributed by atoms with van der Waals surface area (Å²) in [5, 5.41) is 7.83. The Morgan fingerprint density at radius 2 is 2.04 bits per heavy atom. The van der Waals surface area contributed by atoms with E-state index < -0.39 is 0 Å². The van der Waals surface area contributed by atoms with Crippen molar-refractivity contribution in [3.8, 4) is 11.5 Å². The average Bonchev–Trinajstić information content (AvgIpc) is 3.21. The fourth-order valence-electron chi connectivity index (χ4n) is 2.78. The van der Waals surface area contributed by atoms with Gasteiger partial charge in [0.25, 0.3) is 0 Å². The number of benzene rings is 2. The van der Waals surface area contributed by atoms with E-state index in [1.54, 1.807) is 0 Å². The Bertz CT molecular complexity index is 903. The summed E-state index contributed by atoms with van der Waals surface area (Å²) in [6.07, 6.45) is 0.173. The predicted octanol–water partition coefficient (Wildman–Crippen LogP) is 2.98. The van der Waals surface area contributed by atoms with Gasteiger partial charge < -0.3 is 19.3 Å². The summed E-state index contributed by atoms with van der Waals surface area (Å²) in [7, 11) is 0. The van der Waals surface area contributed by atoms with Crippen LogP contribution in [0.1, 0.15) is 24.2 Å². The lowest BCUT2D eigenvalue weighted by molar-refractivity contribution is -0.121. The number of aromatic nitrogens is 1. The van der Waals surface area contributed by atoms with Gasteiger partial charge in [-0.05, 0) is 36.8 Å². The number of amides is 1. The first kappa shape index (κ1) is 14.6. The smallest absolute Gasteiger partial charge is 0.231 e. The molecule has 0 spiro atoms. The molecule has 1 aliphatic heterocycles. The number of carbonyl (C=O) groups is 1. The van der Waals surface area contributed by atoms with Crippen molar-refractivity contribution in [2.24, 2.45) is 0 Å². The molecule has 2 aromatic carbocycles. The van der Waals surface area contributed by atoms with Crippen molar-refractivity contribution in [2.75, 3.05) is 6.79 Å². The van der Waals surface area contributed by atoms with Crippen LogP contribution >= 0.6 is 0 Å². The molecule has 1 N–H and O–H groups in total. The molecule has 0 bridgehead atoms. The minimum absolute atomic E-state index is 0.112. The molecule has 1 unspecified atom stereocenters. The fourth-order valence-corrected chi connectivity index (χ4v) is 2.78. The maximum Gasteiger partial charge on any atom is 0.231 e. The summed E-state index contributed by atoms with van der Waals surface area (Å²) < 4.78 is 15.9. The molecule has 122 valence electrons. The molecule has 6 nitrogen and oxygen atoms in total. The van der Waals surface area contributed by atoms with E-state index in [2.05, 4.69) is 10.5 Å². The summed E-state index contributed by atoms with van der Waals surface area (Å²) in [5.74, 6) is 1.32. The van der Waals surface area contributed by atoms with E-state index in [0.29, 0.717) is 17.0 Å². The standard InChI is InChI=1S/C18H16N2O4/c1-11(12-6-7-16-17(8-12)23-10-22-16)19-18(21)9-14-13-4-2-3-5-15(13)24-20-14/h2-8,11H,9-10H2,1H3,(H,19,21). The Morgan fingerprint density at radius 3 is 2.96 bits per heavy atom. The topological polar surface area (TPSA) is 73.6 Å². The second-order valence-electron chi connectivity index (χ2n) is 5.70. The van der Waals surface area contributed by atoms with Gasteiger partial charge in [-0.2, -0.15) is 0 Å². The molecule has 0 saturated carbocycles. The van der Waals surface area contributed by atoms with E-state index in [9.17, 15) is 4.79 Å². The molecule has 6 heteroatoms. The van der Waals surface area contributed by atoms with Crippen molar-refractivity contribution in [1.29, 1.82) is 0 Å². The highest BCUT2D eigenvalue weighted by Crippen LogP contribution is 2.34. The number of para-hydroxylation sites is 1. The van der Waals surface area contributed by atoms with E-state index in [4.69, 9.17) is 14.0 Å². The van der Waals surface area contributed by atoms with Gasteiger partial charge in [-0.3, -0.25) is 4.79 Å². The van der Waals surface area contributed by atoms with Crippen molar-refractivity contribution in [1.82, 2.24) is 10.5 Å². The quantitative estimate of drug-likeness (QED) is 0.798. The number of rotatable bonds is 4. The van der Waals surface area contributed by atoms with Gasteiger partial charge in [-0.25, -0.2) is 0 Å². The number of nitrogens with one attached hydrogen (secondary N) is 1. The molecule has 1 aliphatic rings. The van der Waals surface area contributed by atoms with E-state index in [1.807, 2.05) is 49.4 Å². The van der Waals surface area contributed by atoms with E-state index in [-0.39, 0.29) is 25.2 Å². The Labute approximate surface area is 138 Å². The molecule has 4 rings (SSSR count). The predicted molar refractivity (Wildman–Crippen MR) is 86.8 cm³/mol. The molecular formula is C18H16N2O4. The summed E-state index contributed by atoms with van der Waals surface area (Å²) in [6.45, 7) is 2.16. The second kappa shape index (κ2) is 5.88. The molecule has 1 aromatic heterocycles. The molecular weight excluding hydrogens is 308 g/mol. The van der Waals surface area contributed by atoms with E-state index in [0.717, 1.165) is 16.7 Å². The van der Waals surface area contributed by atoms with Crippen molar-refractivity contribution in [2.45, 2.75) is 19.4 Å². The van der Waals surface area contributed by atoms with Crippen LogP contribution in [-0.4, -0.2) is 17.9 Å². The molecule has 0 fully saturated rings. The number of nitrogens with zero attached hydrogens (tertiary/aromatic N) is 1. The Morgan fingerprint density at radius 1 is 1.21 bits per heavy atom. The summed E-state index contributed by atoms with van der Waals surface area (Å²) in [5.41, 5.74) is 2.28. The van der Waals surface area contributed by atoms with Crippen LogP contribution in [0.3, 0.4) is 0 Å². The highest BCUT2D eigenvalue weighted by Gasteiger charge is 2.18. The summed E-state index contributed by atoms with van der Waals surface area (Å²) in [4.78, 5) is 12.3. The van der Waals surface area contributed by atoms with Crippen LogP contribution in [0.15, 0.2) is 47.0 Å². The molecule has 3 aromatic rings. The molecule has 1 amide bonds. The lowest BCUT2D eigenvalue weighted by atomic mass is 10.1. The third kappa shape index (κ3) is 2.67. The highest BCUT2D eigenvalue weighted by atomic mass is 16.7. The first-order chi connectivity index (χ1) is 11.7. The van der Waals surface area contributed by atoms with Gasteiger partial charge in [0.05, 0.1) is 12.5 Å². The first-order valence-corrected chi connectivity index (χ1v) is 7.73. The van der Waals surface area contributed by atoms with E-state index in [1.165, 1.54) is 0 Å². The largest absolute Gasteiger partial charge is 0.454 e. The zero-order valence-corrected chi connectivity index (χ0v) is 13.1. The Hall–Kier alpha value is -3.02. The van der Waals surface area contributed by atoms with Crippen LogP contribution < -0.4 is 14.8 Å². The monoisotopic (exact) mass is 324 g/mol. The first-order valence-electron chi connectivity index (χ1n) is 7.73. The fraction of sp³-hybridized carbons (Fsp3) is 0.222. The van der Waals surface area contributed by atoms with Crippen LogP contribution in [0.25, 0.3) is 11.0 Å². The van der Waals surface area contributed by atoms with E-state index >= 15 is 0 Å². The van der Waals surface area contributed by atoms with Gasteiger partial charge in [-0.15, -0.1) is 0 Å². The molecule has 0 radical (unpaired) electrons. The third-order valence-electron chi connectivity index (χ3n) is 4.05. The number of hydrogen-bond donors (Lipinski definition) is 1. The maximum atomic E-state index is 12.3. The third-order valence-corrected chi connectivity index (χ3v) is 4.05. The van der Waals surface area contributed by atoms with Gasteiger partial charge in [0.1, 0.15) is 5.69 Å². The Kier molecular flexibility index (Phi) is 3.57. The van der Waals surface area contributed by atoms with Crippen LogP contribution in [-0.2, 0) is 11.2 Å². The van der Waals surface area contributed by atoms with Crippen LogP contribution in [0.4, 0.5) is 0 Å². The van der Waals surface area contributed by atoms with Crippen molar-refractivity contribution < 1.29 is 18.8 Å². The van der Waals surface area contributed by atoms with Gasteiger partial charge in [-0.1, -0.05) is 23.4 Å². The molecule has 0 saturated heterocycles. The van der Waals surface area contributed by atoms with Crippen molar-refractivity contribution in [3.05, 3.63) is 53.7 Å². The zero-order chi connectivity index (χ0) is 16.5. The lowest BCUT2D eigenvalue weighted by Gasteiger charge is -2.14. The Balaban J connectivity index is 1.45. The van der Waals surface area contributed by atoms with Gasteiger partial charge in [0, 0.05) is 5.39 Å². The lowest BCUT2D eigenvalue weighted by Crippen LogP contribution is -2.28. The van der Waals surface area contributed by atoms with Crippen molar-refractivity contribution >= 4 is 16.9 Å².